The molecule has 0 heterocycles. The van der Waals surface area contributed by atoms with Crippen LogP contribution in [0, 0.1) is 48.2 Å². The normalized spacial score (nSPS) is 7.93. The first kappa shape index (κ1) is 13.1. The van der Waals surface area contributed by atoms with E-state index in [-0.39, 0.29) is 6.61 Å². The van der Waals surface area contributed by atoms with E-state index in [9.17, 15) is 0 Å². The van der Waals surface area contributed by atoms with Crippen LogP contribution in [0.2, 0.25) is 0 Å². The van der Waals surface area contributed by atoms with E-state index >= 15 is 0 Å². The standard InChI is InChI=1S/C12H9NOS/c1-4-5-6-7-8-10-14-11-9-13-12(2)15-3/h1H,10H2,2-3H3. The van der Waals surface area contributed by atoms with Crippen LogP contribution in [0.15, 0.2) is 4.99 Å². The first-order chi connectivity index (χ1) is 7.31. The van der Waals surface area contributed by atoms with E-state index in [4.69, 9.17) is 11.2 Å². The molecule has 0 rings (SSSR count). The van der Waals surface area contributed by atoms with E-state index in [0.29, 0.717) is 0 Å². The highest BCUT2D eigenvalue weighted by Gasteiger charge is 1.79. The number of terminal acetylenes is 1. The van der Waals surface area contributed by atoms with Gasteiger partial charge in [0.05, 0.1) is 11.1 Å². The minimum Gasteiger partial charge on any atom is -0.432 e. The van der Waals surface area contributed by atoms with Crippen molar-refractivity contribution in [3.63, 3.8) is 0 Å². The summed E-state index contributed by atoms with van der Waals surface area (Å²) in [4.78, 5) is 3.88. The Morgan fingerprint density at radius 2 is 2.20 bits per heavy atom. The van der Waals surface area contributed by atoms with Crippen LogP contribution < -0.4 is 0 Å². The number of ether oxygens (including phenoxy) is 1. The van der Waals surface area contributed by atoms with Gasteiger partial charge < -0.3 is 4.74 Å². The number of nitrogens with zero attached hydrogens (tertiary/aromatic N) is 1. The number of rotatable bonds is 1. The largest absolute Gasteiger partial charge is 0.432 e. The van der Waals surface area contributed by atoms with E-state index in [1.807, 2.05) is 13.2 Å². The zero-order valence-corrected chi connectivity index (χ0v) is 9.36. The molecule has 0 aliphatic heterocycles. The predicted molar refractivity (Wildman–Crippen MR) is 64.7 cm³/mol. The molecule has 0 aliphatic carbocycles. The molecule has 0 aromatic heterocycles. The summed E-state index contributed by atoms with van der Waals surface area (Å²) < 4.78 is 4.84. The van der Waals surface area contributed by atoms with Gasteiger partial charge in [0.1, 0.15) is 6.11 Å². The average molecular weight is 215 g/mol. The Kier molecular flexibility index (Phi) is 8.83. The summed E-state index contributed by atoms with van der Waals surface area (Å²) in [5.74, 6) is 12.1. The van der Waals surface area contributed by atoms with Crippen LogP contribution in [0.3, 0.4) is 0 Å². The van der Waals surface area contributed by atoms with Gasteiger partial charge in [-0.3, -0.25) is 0 Å². The van der Waals surface area contributed by atoms with Crippen molar-refractivity contribution in [2.24, 2.45) is 4.99 Å². The maximum Gasteiger partial charge on any atom is 0.161 e. The fourth-order valence-corrected chi connectivity index (χ4v) is 0.536. The average Bonchev–Trinajstić information content (AvgIpc) is 2.26. The van der Waals surface area contributed by atoms with Gasteiger partial charge in [0.2, 0.25) is 0 Å². The summed E-state index contributed by atoms with van der Waals surface area (Å²) in [6, 6.07) is 2.50. The Balaban J connectivity index is 3.80. The summed E-state index contributed by atoms with van der Waals surface area (Å²) >= 11 is 1.53. The van der Waals surface area contributed by atoms with Crippen molar-refractivity contribution in [2.45, 2.75) is 6.92 Å². The van der Waals surface area contributed by atoms with Crippen molar-refractivity contribution in [1.82, 2.24) is 0 Å². The summed E-state index contributed by atoms with van der Waals surface area (Å²) in [6.07, 6.45) is 9.22. The zero-order valence-electron chi connectivity index (χ0n) is 8.55. The van der Waals surface area contributed by atoms with Crippen LogP contribution in [-0.4, -0.2) is 17.9 Å². The van der Waals surface area contributed by atoms with Gasteiger partial charge in [0.25, 0.3) is 0 Å². The smallest absolute Gasteiger partial charge is 0.161 e. The molecule has 0 atom stereocenters. The second kappa shape index (κ2) is 10.1. The van der Waals surface area contributed by atoms with Crippen molar-refractivity contribution >= 4 is 16.8 Å². The number of aliphatic imine (C=N–C) groups is 1. The van der Waals surface area contributed by atoms with E-state index in [0.717, 1.165) is 5.04 Å². The topological polar surface area (TPSA) is 21.6 Å². The SMILES string of the molecule is C#CC#CC#CCOC#CN=C(C)SC. The maximum atomic E-state index is 4.89. The van der Waals surface area contributed by atoms with Gasteiger partial charge in [0, 0.05) is 0 Å². The second-order valence-electron chi connectivity index (χ2n) is 2.03. The Morgan fingerprint density at radius 3 is 2.87 bits per heavy atom. The minimum atomic E-state index is 0.195. The van der Waals surface area contributed by atoms with Gasteiger partial charge in [0.15, 0.2) is 6.61 Å². The second-order valence-corrected chi connectivity index (χ2v) is 3.03. The molecule has 0 unspecified atom stereocenters. The minimum absolute atomic E-state index is 0.195. The highest BCUT2D eigenvalue weighted by atomic mass is 32.2. The third-order valence-corrected chi connectivity index (χ3v) is 1.74. The van der Waals surface area contributed by atoms with E-state index in [2.05, 4.69) is 46.7 Å². The third-order valence-electron chi connectivity index (χ3n) is 1.06. The van der Waals surface area contributed by atoms with Gasteiger partial charge in [-0.2, -0.15) is 4.99 Å². The molecule has 0 fully saturated rings. The van der Waals surface area contributed by atoms with Crippen molar-refractivity contribution in [3.8, 4) is 48.2 Å². The van der Waals surface area contributed by atoms with Gasteiger partial charge in [-0.1, -0.05) is 0 Å². The molecule has 0 amide bonds. The lowest BCUT2D eigenvalue weighted by Gasteiger charge is -1.85. The zero-order chi connectivity index (χ0) is 11.4. The lowest BCUT2D eigenvalue weighted by molar-refractivity contribution is 0.328. The highest BCUT2D eigenvalue weighted by molar-refractivity contribution is 8.13. The first-order valence-electron chi connectivity index (χ1n) is 3.94. The van der Waals surface area contributed by atoms with Gasteiger partial charge in [-0.15, -0.1) is 18.2 Å². The fraction of sp³-hybridized carbons (Fsp3) is 0.250. The van der Waals surface area contributed by atoms with Crippen molar-refractivity contribution in [2.75, 3.05) is 12.9 Å². The molecular formula is C12H9NOS. The number of hydrogen-bond acceptors (Lipinski definition) is 3. The fourth-order valence-electron chi connectivity index (χ4n) is 0.399. The quantitative estimate of drug-likeness (QED) is 0.285. The Bertz CT molecular complexity index is 438. The molecule has 0 aromatic carbocycles. The molecule has 0 spiro atoms. The van der Waals surface area contributed by atoms with Gasteiger partial charge in [-0.05, 0) is 42.8 Å². The van der Waals surface area contributed by atoms with Crippen LogP contribution in [0.4, 0.5) is 0 Å². The van der Waals surface area contributed by atoms with E-state index in [1.54, 1.807) is 0 Å². The number of thioether (sulfide) groups is 1. The first-order valence-corrected chi connectivity index (χ1v) is 5.17. The molecule has 0 aliphatic rings. The molecule has 0 saturated heterocycles. The predicted octanol–water partition coefficient (Wildman–Crippen LogP) is 1.34. The molecule has 15 heavy (non-hydrogen) atoms. The Morgan fingerprint density at radius 1 is 1.40 bits per heavy atom. The molecule has 2 nitrogen and oxygen atoms in total. The van der Waals surface area contributed by atoms with Crippen LogP contribution in [0.5, 0.6) is 0 Å². The van der Waals surface area contributed by atoms with Crippen molar-refractivity contribution < 1.29 is 4.74 Å². The number of hydrogen-bond donors (Lipinski definition) is 0. The van der Waals surface area contributed by atoms with Gasteiger partial charge in [-0.25, -0.2) is 0 Å². The van der Waals surface area contributed by atoms with Crippen molar-refractivity contribution in [3.05, 3.63) is 0 Å². The Hall–Kier alpha value is -1.94. The molecule has 0 saturated carbocycles. The third kappa shape index (κ3) is 9.98. The summed E-state index contributed by atoms with van der Waals surface area (Å²) in [7, 11) is 0. The summed E-state index contributed by atoms with van der Waals surface area (Å²) in [6.45, 7) is 2.06. The molecule has 0 aromatic rings. The van der Waals surface area contributed by atoms with Crippen LogP contribution in [0.25, 0.3) is 0 Å². The lowest BCUT2D eigenvalue weighted by Crippen LogP contribution is -1.82. The summed E-state index contributed by atoms with van der Waals surface area (Å²) in [5.41, 5.74) is 0. The lowest BCUT2D eigenvalue weighted by atomic mass is 10.5. The van der Waals surface area contributed by atoms with Crippen LogP contribution in [0.1, 0.15) is 6.92 Å². The molecule has 74 valence electrons. The molecule has 3 heteroatoms. The van der Waals surface area contributed by atoms with E-state index in [1.165, 1.54) is 11.8 Å². The van der Waals surface area contributed by atoms with Gasteiger partial charge >= 0.3 is 0 Å². The van der Waals surface area contributed by atoms with Crippen LogP contribution in [-0.2, 0) is 4.74 Å². The monoisotopic (exact) mass is 215 g/mol. The molecular weight excluding hydrogens is 206 g/mol. The highest BCUT2D eigenvalue weighted by Crippen LogP contribution is 1.94. The van der Waals surface area contributed by atoms with E-state index < -0.39 is 0 Å². The van der Waals surface area contributed by atoms with Crippen LogP contribution >= 0.6 is 11.8 Å². The molecule has 0 bridgehead atoms. The maximum absolute atomic E-state index is 4.89. The molecule has 0 radical (unpaired) electrons. The summed E-state index contributed by atoms with van der Waals surface area (Å²) in [5, 5.41) is 0.886. The van der Waals surface area contributed by atoms with Crippen molar-refractivity contribution in [1.29, 1.82) is 0 Å². The Labute approximate surface area is 94.9 Å². The molecule has 0 N–H and O–H groups in total.